The van der Waals surface area contributed by atoms with Crippen LogP contribution < -0.4 is 4.74 Å². The number of benzene rings is 1. The standard InChI is InChI=1S/C21H23N3O3/c1-26-18-4-5-19-16(11-18)12-20(23-19)21(25)24-9-6-17(7-10-24)27-14-15-3-2-8-22-13-15/h2-5,8,11-13,17,23H,6-7,9-10,14H2,1H3. The number of fused-ring (bicyclic) bond motifs is 1. The van der Waals surface area contributed by atoms with Crippen molar-refractivity contribution in [1.82, 2.24) is 14.9 Å². The van der Waals surface area contributed by atoms with Crippen LogP contribution in [-0.4, -0.2) is 47.1 Å². The molecule has 2 aromatic heterocycles. The predicted molar refractivity (Wildman–Crippen MR) is 103 cm³/mol. The number of hydrogen-bond donors (Lipinski definition) is 1. The number of nitrogens with one attached hydrogen (secondary N) is 1. The smallest absolute Gasteiger partial charge is 0.270 e. The first-order valence-electron chi connectivity index (χ1n) is 9.19. The second kappa shape index (κ2) is 7.80. The van der Waals surface area contributed by atoms with E-state index >= 15 is 0 Å². The molecule has 0 atom stereocenters. The van der Waals surface area contributed by atoms with Crippen LogP contribution in [0.5, 0.6) is 5.75 Å². The summed E-state index contributed by atoms with van der Waals surface area (Å²) < 4.78 is 11.2. The third-order valence-electron chi connectivity index (χ3n) is 5.00. The van der Waals surface area contributed by atoms with Crippen LogP contribution >= 0.6 is 0 Å². The second-order valence-corrected chi connectivity index (χ2v) is 6.80. The maximum atomic E-state index is 12.8. The number of aromatic nitrogens is 2. The van der Waals surface area contributed by atoms with Crippen molar-refractivity contribution >= 4 is 16.8 Å². The zero-order valence-electron chi connectivity index (χ0n) is 15.4. The number of hydrogen-bond acceptors (Lipinski definition) is 4. The molecule has 0 bridgehead atoms. The van der Waals surface area contributed by atoms with Crippen LogP contribution in [0.4, 0.5) is 0 Å². The van der Waals surface area contributed by atoms with Crippen LogP contribution in [0.3, 0.4) is 0 Å². The highest BCUT2D eigenvalue weighted by Crippen LogP contribution is 2.23. The maximum Gasteiger partial charge on any atom is 0.270 e. The summed E-state index contributed by atoms with van der Waals surface area (Å²) in [6, 6.07) is 11.6. The number of likely N-dealkylation sites (tertiary alicyclic amines) is 1. The molecule has 6 nitrogen and oxygen atoms in total. The Kier molecular flexibility index (Phi) is 5.07. The van der Waals surface area contributed by atoms with Gasteiger partial charge < -0.3 is 19.4 Å². The number of aromatic amines is 1. The van der Waals surface area contributed by atoms with Gasteiger partial charge in [-0.25, -0.2) is 0 Å². The number of nitrogens with zero attached hydrogens (tertiary/aromatic N) is 2. The summed E-state index contributed by atoms with van der Waals surface area (Å²) in [5, 5.41) is 0.979. The quantitative estimate of drug-likeness (QED) is 0.753. The van der Waals surface area contributed by atoms with Crippen LogP contribution in [0.15, 0.2) is 48.8 Å². The van der Waals surface area contributed by atoms with Gasteiger partial charge in [0.05, 0.1) is 19.8 Å². The molecule has 1 aromatic carbocycles. The Morgan fingerprint density at radius 2 is 2.11 bits per heavy atom. The molecule has 140 valence electrons. The Hall–Kier alpha value is -2.86. The molecule has 6 heteroatoms. The van der Waals surface area contributed by atoms with Crippen LogP contribution in [-0.2, 0) is 11.3 Å². The highest BCUT2D eigenvalue weighted by molar-refractivity contribution is 5.98. The fourth-order valence-corrected chi connectivity index (χ4v) is 3.45. The Morgan fingerprint density at radius 3 is 2.85 bits per heavy atom. The van der Waals surface area contributed by atoms with Crippen molar-refractivity contribution in [3.8, 4) is 5.75 Å². The lowest BCUT2D eigenvalue weighted by molar-refractivity contribution is -0.000577. The molecule has 27 heavy (non-hydrogen) atoms. The van der Waals surface area contributed by atoms with Gasteiger partial charge >= 0.3 is 0 Å². The van der Waals surface area contributed by atoms with E-state index < -0.39 is 0 Å². The van der Waals surface area contributed by atoms with Gasteiger partial charge in [-0.1, -0.05) is 6.07 Å². The lowest BCUT2D eigenvalue weighted by Gasteiger charge is -2.31. The van der Waals surface area contributed by atoms with E-state index in [1.165, 1.54) is 0 Å². The number of carbonyl (C=O) groups excluding carboxylic acids is 1. The van der Waals surface area contributed by atoms with E-state index in [1.807, 2.05) is 47.5 Å². The summed E-state index contributed by atoms with van der Waals surface area (Å²) in [4.78, 5) is 22.0. The maximum absolute atomic E-state index is 12.8. The van der Waals surface area contributed by atoms with Crippen molar-refractivity contribution < 1.29 is 14.3 Å². The highest BCUT2D eigenvalue weighted by atomic mass is 16.5. The van der Waals surface area contributed by atoms with Crippen molar-refractivity contribution in [1.29, 1.82) is 0 Å². The van der Waals surface area contributed by atoms with E-state index in [9.17, 15) is 4.79 Å². The molecule has 0 aliphatic carbocycles. The number of methoxy groups -OCH3 is 1. The summed E-state index contributed by atoms with van der Waals surface area (Å²) in [6.07, 6.45) is 5.46. The number of piperidine rings is 1. The molecular weight excluding hydrogens is 342 g/mol. The van der Waals surface area contributed by atoms with E-state index in [0.29, 0.717) is 25.4 Å². The molecule has 1 saturated heterocycles. The van der Waals surface area contributed by atoms with E-state index in [0.717, 1.165) is 35.1 Å². The van der Waals surface area contributed by atoms with Crippen LogP contribution in [0.2, 0.25) is 0 Å². The van der Waals surface area contributed by atoms with E-state index in [1.54, 1.807) is 13.3 Å². The molecule has 0 radical (unpaired) electrons. The SMILES string of the molecule is COc1ccc2[nH]c(C(=O)N3CCC(OCc4cccnc4)CC3)cc2c1. The number of carbonyl (C=O) groups is 1. The summed E-state index contributed by atoms with van der Waals surface area (Å²) in [5.74, 6) is 0.822. The fourth-order valence-electron chi connectivity index (χ4n) is 3.45. The Morgan fingerprint density at radius 1 is 1.26 bits per heavy atom. The first-order valence-corrected chi connectivity index (χ1v) is 9.19. The molecule has 0 spiro atoms. The normalized spacial score (nSPS) is 15.2. The van der Waals surface area contributed by atoms with Gasteiger partial charge in [0.1, 0.15) is 11.4 Å². The number of pyridine rings is 1. The van der Waals surface area contributed by atoms with Gasteiger partial charge in [0, 0.05) is 36.4 Å². The molecule has 1 fully saturated rings. The fraction of sp³-hybridized carbons (Fsp3) is 0.333. The molecule has 0 unspecified atom stereocenters. The lowest BCUT2D eigenvalue weighted by atomic mass is 10.1. The summed E-state index contributed by atoms with van der Waals surface area (Å²) in [7, 11) is 1.64. The van der Waals surface area contributed by atoms with Crippen molar-refractivity contribution in [2.75, 3.05) is 20.2 Å². The number of amides is 1. The summed E-state index contributed by atoms with van der Waals surface area (Å²) in [5.41, 5.74) is 2.63. The summed E-state index contributed by atoms with van der Waals surface area (Å²) in [6.45, 7) is 1.97. The molecule has 1 aliphatic heterocycles. The third kappa shape index (κ3) is 3.95. The van der Waals surface area contributed by atoms with Gasteiger partial charge in [-0.15, -0.1) is 0 Å². The minimum absolute atomic E-state index is 0.0378. The van der Waals surface area contributed by atoms with E-state index in [4.69, 9.17) is 9.47 Å². The van der Waals surface area contributed by atoms with Crippen LogP contribution in [0.25, 0.3) is 10.9 Å². The van der Waals surface area contributed by atoms with Gasteiger partial charge in [0.2, 0.25) is 0 Å². The number of rotatable bonds is 5. The zero-order valence-corrected chi connectivity index (χ0v) is 15.4. The Balaban J connectivity index is 1.34. The molecule has 1 amide bonds. The molecule has 1 aliphatic rings. The van der Waals surface area contributed by atoms with Crippen LogP contribution in [0, 0.1) is 0 Å². The van der Waals surface area contributed by atoms with Gasteiger partial charge in [-0.2, -0.15) is 0 Å². The molecule has 3 aromatic rings. The van der Waals surface area contributed by atoms with Crippen molar-refractivity contribution in [2.45, 2.75) is 25.6 Å². The van der Waals surface area contributed by atoms with Crippen LogP contribution in [0.1, 0.15) is 28.9 Å². The zero-order chi connectivity index (χ0) is 18.6. The topological polar surface area (TPSA) is 67.5 Å². The Labute approximate surface area is 158 Å². The van der Waals surface area contributed by atoms with Crippen molar-refractivity contribution in [3.63, 3.8) is 0 Å². The van der Waals surface area contributed by atoms with Gasteiger partial charge in [-0.05, 0) is 48.7 Å². The largest absolute Gasteiger partial charge is 0.497 e. The van der Waals surface area contributed by atoms with Gasteiger partial charge in [0.25, 0.3) is 5.91 Å². The molecule has 1 N–H and O–H groups in total. The monoisotopic (exact) mass is 365 g/mol. The van der Waals surface area contributed by atoms with E-state index in [-0.39, 0.29) is 12.0 Å². The Bertz CT molecular complexity index is 915. The van der Waals surface area contributed by atoms with Crippen molar-refractivity contribution in [2.24, 2.45) is 0 Å². The molecule has 3 heterocycles. The average Bonchev–Trinajstić information content (AvgIpc) is 3.16. The highest BCUT2D eigenvalue weighted by Gasteiger charge is 2.25. The first kappa shape index (κ1) is 17.5. The van der Waals surface area contributed by atoms with Gasteiger partial charge in [0.15, 0.2) is 0 Å². The lowest BCUT2D eigenvalue weighted by Crippen LogP contribution is -2.41. The number of H-pyrrole nitrogens is 1. The number of ether oxygens (including phenoxy) is 2. The second-order valence-electron chi connectivity index (χ2n) is 6.80. The molecule has 0 saturated carbocycles. The van der Waals surface area contributed by atoms with Crippen molar-refractivity contribution in [3.05, 3.63) is 60.0 Å². The molecular formula is C21H23N3O3. The summed E-state index contributed by atoms with van der Waals surface area (Å²) >= 11 is 0. The van der Waals surface area contributed by atoms with E-state index in [2.05, 4.69) is 9.97 Å². The predicted octanol–water partition coefficient (Wildman–Crippen LogP) is 3.39. The first-order chi connectivity index (χ1) is 13.2. The van der Waals surface area contributed by atoms with Gasteiger partial charge in [-0.3, -0.25) is 9.78 Å². The minimum Gasteiger partial charge on any atom is -0.497 e. The molecule has 4 rings (SSSR count). The third-order valence-corrected chi connectivity index (χ3v) is 5.00. The minimum atomic E-state index is 0.0378. The average molecular weight is 365 g/mol.